The Morgan fingerprint density at radius 2 is 2.19 bits per heavy atom. The SMILES string of the molecule is OCCCCNc1cc(Cl)ncc1-c1ccn(C(F)F)n1. The molecule has 2 heterocycles. The molecule has 0 fully saturated rings. The van der Waals surface area contributed by atoms with E-state index in [1.807, 2.05) is 0 Å². The summed E-state index contributed by atoms with van der Waals surface area (Å²) in [5.74, 6) is 0. The summed E-state index contributed by atoms with van der Waals surface area (Å²) in [6.07, 6.45) is 4.17. The molecule has 0 aliphatic heterocycles. The molecule has 21 heavy (non-hydrogen) atoms. The van der Waals surface area contributed by atoms with Gasteiger partial charge in [0.05, 0.1) is 5.69 Å². The summed E-state index contributed by atoms with van der Waals surface area (Å²) in [7, 11) is 0. The van der Waals surface area contributed by atoms with Gasteiger partial charge in [0.15, 0.2) is 0 Å². The van der Waals surface area contributed by atoms with Gasteiger partial charge in [-0.2, -0.15) is 13.9 Å². The number of halogens is 3. The molecule has 2 rings (SSSR count). The van der Waals surface area contributed by atoms with Gasteiger partial charge in [0.1, 0.15) is 5.15 Å². The highest BCUT2D eigenvalue weighted by Gasteiger charge is 2.13. The third kappa shape index (κ3) is 4.12. The molecule has 5 nitrogen and oxygen atoms in total. The van der Waals surface area contributed by atoms with Gasteiger partial charge in [-0.05, 0) is 25.0 Å². The van der Waals surface area contributed by atoms with Crippen molar-refractivity contribution in [2.75, 3.05) is 18.5 Å². The van der Waals surface area contributed by atoms with Gasteiger partial charge in [-0.15, -0.1) is 0 Å². The predicted molar refractivity (Wildman–Crippen MR) is 76.5 cm³/mol. The molecular formula is C13H15ClF2N4O. The third-order valence-electron chi connectivity index (χ3n) is 2.86. The molecule has 114 valence electrons. The fourth-order valence-electron chi connectivity index (χ4n) is 1.83. The number of hydrogen-bond donors (Lipinski definition) is 2. The average molecular weight is 317 g/mol. The molecule has 0 aliphatic carbocycles. The minimum absolute atomic E-state index is 0.129. The summed E-state index contributed by atoms with van der Waals surface area (Å²) in [5, 5.41) is 16.0. The van der Waals surface area contributed by atoms with Crippen molar-refractivity contribution in [3.8, 4) is 11.3 Å². The molecule has 0 atom stereocenters. The Balaban J connectivity index is 2.20. The molecule has 0 aromatic carbocycles. The van der Waals surface area contributed by atoms with E-state index >= 15 is 0 Å². The normalized spacial score (nSPS) is 11.1. The van der Waals surface area contributed by atoms with E-state index in [4.69, 9.17) is 16.7 Å². The van der Waals surface area contributed by atoms with Crippen LogP contribution in [-0.4, -0.2) is 33.0 Å². The van der Waals surface area contributed by atoms with Crippen LogP contribution < -0.4 is 5.32 Å². The molecule has 0 unspecified atom stereocenters. The molecule has 2 aromatic heterocycles. The van der Waals surface area contributed by atoms with Crippen LogP contribution in [0, 0.1) is 0 Å². The summed E-state index contributed by atoms with van der Waals surface area (Å²) in [4.78, 5) is 3.96. The summed E-state index contributed by atoms with van der Waals surface area (Å²) >= 11 is 5.86. The van der Waals surface area contributed by atoms with E-state index in [2.05, 4.69) is 15.4 Å². The van der Waals surface area contributed by atoms with Crippen molar-refractivity contribution in [1.82, 2.24) is 14.8 Å². The first-order valence-electron chi connectivity index (χ1n) is 6.46. The van der Waals surface area contributed by atoms with Crippen molar-refractivity contribution in [2.45, 2.75) is 19.4 Å². The Morgan fingerprint density at radius 3 is 2.86 bits per heavy atom. The molecule has 0 saturated heterocycles. The third-order valence-corrected chi connectivity index (χ3v) is 3.06. The van der Waals surface area contributed by atoms with Crippen molar-refractivity contribution in [2.24, 2.45) is 0 Å². The highest BCUT2D eigenvalue weighted by molar-refractivity contribution is 6.29. The minimum Gasteiger partial charge on any atom is -0.396 e. The summed E-state index contributed by atoms with van der Waals surface area (Å²) in [6, 6.07) is 3.12. The predicted octanol–water partition coefficient (Wildman–Crippen LogP) is 3.18. The minimum atomic E-state index is -2.68. The van der Waals surface area contributed by atoms with E-state index in [1.165, 1.54) is 18.5 Å². The van der Waals surface area contributed by atoms with Crippen LogP contribution in [0.5, 0.6) is 0 Å². The maximum Gasteiger partial charge on any atom is 0.333 e. The first-order chi connectivity index (χ1) is 10.1. The van der Waals surface area contributed by atoms with Crippen LogP contribution in [0.15, 0.2) is 24.5 Å². The number of aliphatic hydroxyl groups excluding tert-OH is 1. The van der Waals surface area contributed by atoms with E-state index < -0.39 is 6.55 Å². The Hall–Kier alpha value is -1.73. The lowest BCUT2D eigenvalue weighted by molar-refractivity contribution is 0.0568. The second-order valence-electron chi connectivity index (χ2n) is 4.37. The number of anilines is 1. The Bertz CT molecular complexity index is 591. The number of aliphatic hydroxyl groups is 1. The molecule has 8 heteroatoms. The standard InChI is InChI=1S/C13H15ClF2N4O/c14-12-7-11(17-4-1-2-6-21)9(8-18-12)10-3-5-20(19-10)13(15)16/h3,5,7-8,13,21H,1-2,4,6H2,(H,17,18). The van der Waals surface area contributed by atoms with Gasteiger partial charge in [-0.1, -0.05) is 11.6 Å². The van der Waals surface area contributed by atoms with Gasteiger partial charge >= 0.3 is 6.55 Å². The fourth-order valence-corrected chi connectivity index (χ4v) is 1.99. The topological polar surface area (TPSA) is 63.0 Å². The number of pyridine rings is 1. The quantitative estimate of drug-likeness (QED) is 0.608. The van der Waals surface area contributed by atoms with Gasteiger partial charge < -0.3 is 10.4 Å². The lowest BCUT2D eigenvalue weighted by Crippen LogP contribution is -2.05. The van der Waals surface area contributed by atoms with Crippen LogP contribution in [0.25, 0.3) is 11.3 Å². The molecule has 0 amide bonds. The Labute approximate surface area is 125 Å². The van der Waals surface area contributed by atoms with Crippen molar-refractivity contribution in [3.63, 3.8) is 0 Å². The van der Waals surface area contributed by atoms with Crippen LogP contribution in [-0.2, 0) is 0 Å². The molecule has 2 aromatic rings. The molecule has 0 spiro atoms. The molecular weight excluding hydrogens is 302 g/mol. The number of unbranched alkanes of at least 4 members (excludes halogenated alkanes) is 1. The van der Waals surface area contributed by atoms with E-state index in [1.54, 1.807) is 6.07 Å². The second-order valence-corrected chi connectivity index (χ2v) is 4.76. The van der Waals surface area contributed by atoms with Crippen molar-refractivity contribution in [1.29, 1.82) is 0 Å². The zero-order chi connectivity index (χ0) is 15.2. The number of nitrogens with zero attached hydrogens (tertiary/aromatic N) is 3. The molecule has 0 bridgehead atoms. The smallest absolute Gasteiger partial charge is 0.333 e. The number of nitrogens with one attached hydrogen (secondary N) is 1. The summed E-state index contributed by atoms with van der Waals surface area (Å²) < 4.78 is 25.7. The first-order valence-corrected chi connectivity index (χ1v) is 6.83. The lowest BCUT2D eigenvalue weighted by atomic mass is 10.1. The maximum absolute atomic E-state index is 12.6. The lowest BCUT2D eigenvalue weighted by Gasteiger charge is -2.10. The van der Waals surface area contributed by atoms with Crippen LogP contribution >= 0.6 is 11.6 Å². The van der Waals surface area contributed by atoms with Gasteiger partial charge in [0.25, 0.3) is 0 Å². The first kappa shape index (κ1) is 15.7. The number of alkyl halides is 2. The molecule has 0 radical (unpaired) electrons. The summed E-state index contributed by atoms with van der Waals surface area (Å²) in [6.45, 7) is -1.92. The fraction of sp³-hybridized carbons (Fsp3) is 0.385. The number of rotatable bonds is 7. The monoisotopic (exact) mass is 316 g/mol. The Kier molecular flexibility index (Phi) is 5.46. The van der Waals surface area contributed by atoms with Crippen molar-refractivity contribution < 1.29 is 13.9 Å². The Morgan fingerprint density at radius 1 is 1.38 bits per heavy atom. The van der Waals surface area contributed by atoms with E-state index in [9.17, 15) is 8.78 Å². The van der Waals surface area contributed by atoms with Crippen LogP contribution in [0.3, 0.4) is 0 Å². The van der Waals surface area contributed by atoms with Crippen LogP contribution in [0.2, 0.25) is 5.15 Å². The van der Waals surface area contributed by atoms with Gasteiger partial charge in [0, 0.05) is 36.8 Å². The zero-order valence-electron chi connectivity index (χ0n) is 11.1. The maximum atomic E-state index is 12.6. The van der Waals surface area contributed by atoms with E-state index in [0.717, 1.165) is 6.42 Å². The highest BCUT2D eigenvalue weighted by atomic mass is 35.5. The van der Waals surface area contributed by atoms with Gasteiger partial charge in [-0.25, -0.2) is 9.67 Å². The van der Waals surface area contributed by atoms with Crippen LogP contribution in [0.4, 0.5) is 14.5 Å². The van der Waals surface area contributed by atoms with E-state index in [0.29, 0.717) is 39.7 Å². The van der Waals surface area contributed by atoms with Gasteiger partial charge in [0.2, 0.25) is 0 Å². The van der Waals surface area contributed by atoms with E-state index in [-0.39, 0.29) is 6.61 Å². The summed E-state index contributed by atoms with van der Waals surface area (Å²) in [5.41, 5.74) is 1.67. The van der Waals surface area contributed by atoms with Gasteiger partial charge in [-0.3, -0.25) is 0 Å². The van der Waals surface area contributed by atoms with Crippen molar-refractivity contribution in [3.05, 3.63) is 29.7 Å². The van der Waals surface area contributed by atoms with Crippen LogP contribution in [0.1, 0.15) is 19.4 Å². The average Bonchev–Trinajstić information content (AvgIpc) is 2.93. The molecule has 2 N–H and O–H groups in total. The zero-order valence-corrected chi connectivity index (χ0v) is 11.9. The second kappa shape index (κ2) is 7.33. The number of hydrogen-bond acceptors (Lipinski definition) is 4. The molecule has 0 saturated carbocycles. The largest absolute Gasteiger partial charge is 0.396 e. The number of aromatic nitrogens is 3. The highest BCUT2D eigenvalue weighted by Crippen LogP contribution is 2.28. The molecule has 0 aliphatic rings. The van der Waals surface area contributed by atoms with Crippen molar-refractivity contribution >= 4 is 17.3 Å².